The molecule has 2 saturated heterocycles. The van der Waals surface area contributed by atoms with Crippen molar-refractivity contribution in [3.8, 4) is 0 Å². The van der Waals surface area contributed by atoms with Crippen LogP contribution >= 0.6 is 11.6 Å². The summed E-state index contributed by atoms with van der Waals surface area (Å²) in [6.45, 7) is 4.66. The smallest absolute Gasteiger partial charge is 0.282 e. The van der Waals surface area contributed by atoms with Gasteiger partial charge in [-0.05, 0) is 69.3 Å². The number of nitrogens with one attached hydrogen (secondary N) is 1. The molecule has 2 N–H and O–H groups in total. The summed E-state index contributed by atoms with van der Waals surface area (Å²) in [5, 5.41) is 19.0. The van der Waals surface area contributed by atoms with Crippen molar-refractivity contribution in [2.24, 2.45) is 0 Å². The number of hydrogen-bond donors (Lipinski definition) is 2. The summed E-state index contributed by atoms with van der Waals surface area (Å²) >= 11 is 6.67. The second-order valence-corrected chi connectivity index (χ2v) is 10.7. The number of nitrogens with zero attached hydrogens (tertiary/aromatic N) is 5. The molecule has 1 aromatic carbocycles. The summed E-state index contributed by atoms with van der Waals surface area (Å²) in [6.07, 6.45) is 3.48. The molecule has 11 heteroatoms. The minimum Gasteiger partial charge on any atom is -0.389 e. The number of aliphatic hydroxyl groups excluding tert-OH is 1. The van der Waals surface area contributed by atoms with Crippen LogP contribution in [0.3, 0.4) is 0 Å². The molecule has 0 radical (unpaired) electrons. The molecule has 2 aromatic heterocycles. The first kappa shape index (κ1) is 24.0. The Morgan fingerprint density at radius 2 is 1.97 bits per heavy atom. The molecule has 0 bridgehead atoms. The van der Waals surface area contributed by atoms with Crippen LogP contribution < -0.4 is 5.32 Å². The normalized spacial score (nSPS) is 25.8. The Kier molecular flexibility index (Phi) is 6.10. The van der Waals surface area contributed by atoms with Gasteiger partial charge >= 0.3 is 0 Å². The SMILES string of the molecule is C[C@]1(N2CCC(c3cc4nc(Nc5cnn(C6CC6)c5C(F)F)ncc4cc3Cl)CC2)COC[C@H]1O. The van der Waals surface area contributed by atoms with Gasteiger partial charge in [0.05, 0.1) is 48.3 Å². The number of aromatic nitrogens is 4. The summed E-state index contributed by atoms with van der Waals surface area (Å²) in [7, 11) is 0. The highest BCUT2D eigenvalue weighted by Crippen LogP contribution is 2.41. The van der Waals surface area contributed by atoms with E-state index in [0.717, 1.165) is 49.7 Å². The minimum atomic E-state index is -2.65. The monoisotopic (exact) mass is 518 g/mol. The Morgan fingerprint density at radius 1 is 1.19 bits per heavy atom. The number of rotatable bonds is 6. The number of benzene rings is 1. The van der Waals surface area contributed by atoms with Crippen molar-refractivity contribution in [1.82, 2.24) is 24.6 Å². The fourth-order valence-electron chi connectivity index (χ4n) is 5.51. The van der Waals surface area contributed by atoms with E-state index in [1.165, 1.54) is 10.9 Å². The Morgan fingerprint density at radius 3 is 2.64 bits per heavy atom. The zero-order chi connectivity index (χ0) is 25.0. The van der Waals surface area contributed by atoms with Crippen LogP contribution in [0.5, 0.6) is 0 Å². The van der Waals surface area contributed by atoms with Gasteiger partial charge in [-0.3, -0.25) is 9.58 Å². The van der Waals surface area contributed by atoms with E-state index in [9.17, 15) is 13.9 Å². The van der Waals surface area contributed by atoms with Crippen molar-refractivity contribution in [1.29, 1.82) is 0 Å². The van der Waals surface area contributed by atoms with E-state index >= 15 is 0 Å². The highest BCUT2D eigenvalue weighted by molar-refractivity contribution is 6.32. The molecule has 2 aliphatic heterocycles. The van der Waals surface area contributed by atoms with Crippen LogP contribution in [-0.4, -0.2) is 67.7 Å². The number of anilines is 2. The second-order valence-electron chi connectivity index (χ2n) is 10.3. The predicted molar refractivity (Wildman–Crippen MR) is 132 cm³/mol. The Bertz CT molecular complexity index is 1280. The summed E-state index contributed by atoms with van der Waals surface area (Å²) in [5.41, 5.74) is 1.47. The summed E-state index contributed by atoms with van der Waals surface area (Å²) in [5.74, 6) is 0.501. The molecule has 3 aromatic rings. The lowest BCUT2D eigenvalue weighted by molar-refractivity contribution is -0.00211. The number of halogens is 3. The van der Waals surface area contributed by atoms with E-state index in [4.69, 9.17) is 16.3 Å². The lowest BCUT2D eigenvalue weighted by atomic mass is 9.85. The number of alkyl halides is 2. The first-order chi connectivity index (χ1) is 17.3. The first-order valence-corrected chi connectivity index (χ1v) is 12.8. The average Bonchev–Trinajstić information content (AvgIpc) is 3.54. The molecular formula is C25H29ClF2N6O2. The van der Waals surface area contributed by atoms with Crippen LogP contribution in [0.25, 0.3) is 10.9 Å². The predicted octanol–water partition coefficient (Wildman–Crippen LogP) is 4.83. The van der Waals surface area contributed by atoms with Crippen molar-refractivity contribution >= 4 is 34.1 Å². The molecule has 192 valence electrons. The van der Waals surface area contributed by atoms with E-state index in [0.29, 0.717) is 23.8 Å². The van der Waals surface area contributed by atoms with E-state index in [2.05, 4.69) is 32.2 Å². The zero-order valence-corrected chi connectivity index (χ0v) is 20.8. The van der Waals surface area contributed by atoms with Crippen LogP contribution in [0.15, 0.2) is 24.5 Å². The quantitative estimate of drug-likeness (QED) is 0.483. The summed E-state index contributed by atoms with van der Waals surface area (Å²) in [4.78, 5) is 11.3. The van der Waals surface area contributed by atoms with Gasteiger partial charge in [0.1, 0.15) is 5.69 Å². The Labute approximate surface area is 212 Å². The van der Waals surface area contributed by atoms with E-state index in [1.807, 2.05) is 12.1 Å². The molecule has 0 amide bonds. The van der Waals surface area contributed by atoms with Crippen molar-refractivity contribution in [3.05, 3.63) is 40.8 Å². The molecule has 3 fully saturated rings. The lowest BCUT2D eigenvalue weighted by Gasteiger charge is -2.43. The Hall–Kier alpha value is -2.40. The van der Waals surface area contributed by atoms with Crippen molar-refractivity contribution in [2.45, 2.75) is 62.6 Å². The first-order valence-electron chi connectivity index (χ1n) is 12.4. The van der Waals surface area contributed by atoms with Gasteiger partial charge < -0.3 is 15.2 Å². The summed E-state index contributed by atoms with van der Waals surface area (Å²) in [6, 6.07) is 3.90. The standard InChI is InChI=1S/C25H29ClF2N6O2/c1-25(13-36-12-21(25)35)33-6-4-14(5-7-33)17-9-19-15(8-18(17)26)10-29-24(31-19)32-20-11-30-34(16-2-3-16)22(20)23(27)28/h8-11,14,16,21,23,35H,2-7,12-13H2,1H3,(H,29,31,32)/t21-,25+/m1/s1. The number of fused-ring (bicyclic) bond motifs is 1. The van der Waals surface area contributed by atoms with E-state index in [-0.39, 0.29) is 34.8 Å². The van der Waals surface area contributed by atoms with Crippen molar-refractivity contribution in [2.75, 3.05) is 31.6 Å². The molecule has 2 atom stereocenters. The largest absolute Gasteiger partial charge is 0.389 e. The summed E-state index contributed by atoms with van der Waals surface area (Å²) < 4.78 is 34.4. The Balaban J connectivity index is 1.22. The van der Waals surface area contributed by atoms with E-state index in [1.54, 1.807) is 6.20 Å². The van der Waals surface area contributed by atoms with Crippen LogP contribution in [0.4, 0.5) is 20.4 Å². The molecule has 6 rings (SSSR count). The molecule has 8 nitrogen and oxygen atoms in total. The van der Waals surface area contributed by atoms with Crippen molar-refractivity contribution in [3.63, 3.8) is 0 Å². The maximum absolute atomic E-state index is 13.8. The fourth-order valence-corrected chi connectivity index (χ4v) is 5.84. The molecule has 1 saturated carbocycles. The third kappa shape index (κ3) is 4.23. The molecule has 3 aliphatic rings. The topological polar surface area (TPSA) is 88.3 Å². The minimum absolute atomic E-state index is 0.0465. The molecule has 0 unspecified atom stereocenters. The number of likely N-dealkylation sites (tertiary alicyclic amines) is 1. The lowest BCUT2D eigenvalue weighted by Crippen LogP contribution is -2.56. The zero-order valence-electron chi connectivity index (χ0n) is 20.0. The van der Waals surface area contributed by atoms with Gasteiger partial charge in [-0.1, -0.05) is 11.6 Å². The fraction of sp³-hybridized carbons (Fsp3) is 0.560. The molecular weight excluding hydrogens is 490 g/mol. The van der Waals surface area contributed by atoms with Gasteiger partial charge in [0.25, 0.3) is 6.43 Å². The highest BCUT2D eigenvalue weighted by Gasteiger charge is 2.45. The molecule has 4 heterocycles. The third-order valence-corrected chi connectivity index (χ3v) is 8.25. The molecule has 36 heavy (non-hydrogen) atoms. The van der Waals surface area contributed by atoms with Crippen molar-refractivity contribution < 1.29 is 18.6 Å². The van der Waals surface area contributed by atoms with Crippen LogP contribution in [0, 0.1) is 0 Å². The van der Waals surface area contributed by atoms with Crippen LogP contribution in [0.1, 0.15) is 62.2 Å². The average molecular weight is 519 g/mol. The molecule has 1 aliphatic carbocycles. The number of ether oxygens (including phenoxy) is 1. The van der Waals surface area contributed by atoms with Gasteiger partial charge in [-0.15, -0.1) is 0 Å². The van der Waals surface area contributed by atoms with Gasteiger partial charge in [-0.2, -0.15) is 5.10 Å². The van der Waals surface area contributed by atoms with Gasteiger partial charge in [-0.25, -0.2) is 18.7 Å². The third-order valence-electron chi connectivity index (χ3n) is 7.92. The number of aliphatic hydroxyl groups is 1. The van der Waals surface area contributed by atoms with Gasteiger partial charge in [0.15, 0.2) is 0 Å². The molecule has 0 spiro atoms. The van der Waals surface area contributed by atoms with Crippen LogP contribution in [0.2, 0.25) is 5.02 Å². The van der Waals surface area contributed by atoms with Gasteiger partial charge in [0.2, 0.25) is 5.95 Å². The number of hydrogen-bond acceptors (Lipinski definition) is 7. The van der Waals surface area contributed by atoms with E-state index < -0.39 is 12.5 Å². The maximum Gasteiger partial charge on any atom is 0.282 e. The highest BCUT2D eigenvalue weighted by atomic mass is 35.5. The maximum atomic E-state index is 13.8. The number of piperidine rings is 1. The van der Waals surface area contributed by atoms with Gasteiger partial charge in [0, 0.05) is 16.6 Å². The van der Waals surface area contributed by atoms with Crippen LogP contribution in [-0.2, 0) is 4.74 Å². The second kappa shape index (κ2) is 9.16.